The van der Waals surface area contributed by atoms with Gasteiger partial charge in [0.05, 0.1) is 12.9 Å². The van der Waals surface area contributed by atoms with Crippen LogP contribution in [0.3, 0.4) is 0 Å². The van der Waals surface area contributed by atoms with Gasteiger partial charge in [0.25, 0.3) is 0 Å². The number of rotatable bonds is 9. The molecule has 0 saturated carbocycles. The monoisotopic (exact) mass is 386 g/mol. The lowest BCUT2D eigenvalue weighted by molar-refractivity contribution is -0.139. The molecule has 5 nitrogen and oxygen atoms in total. The van der Waals surface area contributed by atoms with Gasteiger partial charge in [0.15, 0.2) is 0 Å². The molecule has 2 amide bonds. The van der Waals surface area contributed by atoms with Gasteiger partial charge in [-0.25, -0.2) is 0 Å². The van der Waals surface area contributed by atoms with Crippen molar-refractivity contribution in [2.45, 2.75) is 30.8 Å². The smallest absolute Gasteiger partial charge is 0.242 e. The molecule has 0 fully saturated rings. The molecule has 0 spiro atoms. The van der Waals surface area contributed by atoms with Crippen LogP contribution < -0.4 is 10.1 Å². The number of likely N-dealkylation sites (N-methyl/N-ethyl adjacent to an activating group) is 1. The van der Waals surface area contributed by atoms with Crippen molar-refractivity contribution in [2.24, 2.45) is 0 Å². The van der Waals surface area contributed by atoms with Gasteiger partial charge >= 0.3 is 0 Å². The number of thioether (sulfide) groups is 1. The zero-order valence-corrected chi connectivity index (χ0v) is 16.8. The van der Waals surface area contributed by atoms with E-state index in [-0.39, 0.29) is 17.6 Å². The highest BCUT2D eigenvalue weighted by atomic mass is 32.2. The molecule has 0 aromatic heterocycles. The highest BCUT2D eigenvalue weighted by Crippen LogP contribution is 2.21. The van der Waals surface area contributed by atoms with Gasteiger partial charge in [-0.05, 0) is 36.2 Å². The van der Waals surface area contributed by atoms with E-state index in [4.69, 9.17) is 4.74 Å². The maximum absolute atomic E-state index is 13.0. The molecule has 0 radical (unpaired) electrons. The summed E-state index contributed by atoms with van der Waals surface area (Å²) in [5.41, 5.74) is 0.955. The molecule has 2 rings (SSSR count). The number of nitrogens with zero attached hydrogens (tertiary/aromatic N) is 1. The van der Waals surface area contributed by atoms with Crippen LogP contribution in [0.25, 0.3) is 0 Å². The van der Waals surface area contributed by atoms with Gasteiger partial charge in [0.1, 0.15) is 11.8 Å². The Morgan fingerprint density at radius 1 is 1.11 bits per heavy atom. The lowest BCUT2D eigenvalue weighted by Gasteiger charge is -2.30. The van der Waals surface area contributed by atoms with Crippen molar-refractivity contribution in [3.05, 3.63) is 60.2 Å². The Balaban J connectivity index is 2.16. The molecule has 0 aliphatic rings. The Labute approximate surface area is 165 Å². The molecular weight excluding hydrogens is 360 g/mol. The quantitative estimate of drug-likeness (QED) is 0.672. The van der Waals surface area contributed by atoms with Crippen LogP contribution in [0.15, 0.2) is 59.5 Å². The van der Waals surface area contributed by atoms with Crippen LogP contribution in [0.4, 0.5) is 0 Å². The lowest BCUT2D eigenvalue weighted by Crippen LogP contribution is -2.48. The van der Waals surface area contributed by atoms with Crippen LogP contribution in [-0.2, 0) is 16.1 Å². The molecule has 0 bridgehead atoms. The number of nitrogens with one attached hydrogen (secondary N) is 1. The summed E-state index contributed by atoms with van der Waals surface area (Å²) in [5.74, 6) is 0.835. The van der Waals surface area contributed by atoms with Gasteiger partial charge in [-0.1, -0.05) is 37.3 Å². The summed E-state index contributed by atoms with van der Waals surface area (Å²) in [6, 6.07) is 16.8. The van der Waals surface area contributed by atoms with Gasteiger partial charge in [0, 0.05) is 18.5 Å². The van der Waals surface area contributed by atoms with Crippen molar-refractivity contribution in [1.29, 1.82) is 0 Å². The van der Waals surface area contributed by atoms with Gasteiger partial charge < -0.3 is 15.0 Å². The molecule has 0 aliphatic carbocycles. The summed E-state index contributed by atoms with van der Waals surface area (Å²) in [6.07, 6.45) is 0.553. The number of amides is 2. The van der Waals surface area contributed by atoms with E-state index in [9.17, 15) is 9.59 Å². The second kappa shape index (κ2) is 10.6. The number of carbonyl (C=O) groups is 2. The predicted molar refractivity (Wildman–Crippen MR) is 109 cm³/mol. The molecule has 0 unspecified atom stereocenters. The Kier molecular flexibility index (Phi) is 8.20. The van der Waals surface area contributed by atoms with Crippen LogP contribution in [0.2, 0.25) is 0 Å². The second-order valence-corrected chi connectivity index (χ2v) is 7.06. The van der Waals surface area contributed by atoms with Crippen molar-refractivity contribution >= 4 is 23.6 Å². The first-order chi connectivity index (χ1) is 13.1. The average Bonchev–Trinajstić information content (AvgIpc) is 2.72. The van der Waals surface area contributed by atoms with Crippen LogP contribution in [-0.4, -0.2) is 42.7 Å². The Hall–Kier alpha value is -2.47. The van der Waals surface area contributed by atoms with E-state index in [1.54, 1.807) is 19.1 Å². The second-order valence-electron chi connectivity index (χ2n) is 6.01. The fraction of sp³-hybridized carbons (Fsp3) is 0.333. The average molecular weight is 387 g/mol. The van der Waals surface area contributed by atoms with Crippen molar-refractivity contribution in [3.63, 3.8) is 0 Å². The molecule has 2 aromatic carbocycles. The molecule has 144 valence electrons. The topological polar surface area (TPSA) is 58.6 Å². The van der Waals surface area contributed by atoms with E-state index >= 15 is 0 Å². The van der Waals surface area contributed by atoms with Gasteiger partial charge in [-0.3, -0.25) is 9.59 Å². The summed E-state index contributed by atoms with van der Waals surface area (Å²) in [4.78, 5) is 28.0. The molecule has 6 heteroatoms. The lowest BCUT2D eigenvalue weighted by atomic mass is 10.1. The van der Waals surface area contributed by atoms with Gasteiger partial charge in [-0.15, -0.1) is 11.8 Å². The van der Waals surface area contributed by atoms with E-state index < -0.39 is 6.04 Å². The minimum Gasteiger partial charge on any atom is -0.497 e. The van der Waals surface area contributed by atoms with Gasteiger partial charge in [0.2, 0.25) is 11.8 Å². The minimum absolute atomic E-state index is 0.0601. The van der Waals surface area contributed by atoms with E-state index in [1.807, 2.05) is 61.5 Å². The van der Waals surface area contributed by atoms with E-state index in [0.717, 1.165) is 16.2 Å². The van der Waals surface area contributed by atoms with E-state index in [1.165, 1.54) is 11.8 Å². The van der Waals surface area contributed by atoms with Crippen LogP contribution >= 0.6 is 11.8 Å². The highest BCUT2D eigenvalue weighted by molar-refractivity contribution is 8.00. The number of methoxy groups -OCH3 is 1. The third kappa shape index (κ3) is 6.03. The summed E-state index contributed by atoms with van der Waals surface area (Å²) >= 11 is 1.48. The molecule has 1 N–H and O–H groups in total. The minimum atomic E-state index is -0.499. The van der Waals surface area contributed by atoms with Crippen molar-refractivity contribution in [3.8, 4) is 5.75 Å². The largest absolute Gasteiger partial charge is 0.497 e. The molecule has 0 heterocycles. The summed E-state index contributed by atoms with van der Waals surface area (Å²) < 4.78 is 5.19. The number of carbonyl (C=O) groups excluding carboxylic acids is 2. The zero-order chi connectivity index (χ0) is 19.6. The molecule has 1 atom stereocenters. The highest BCUT2D eigenvalue weighted by Gasteiger charge is 2.27. The Morgan fingerprint density at radius 2 is 1.78 bits per heavy atom. The fourth-order valence-electron chi connectivity index (χ4n) is 2.76. The van der Waals surface area contributed by atoms with Crippen molar-refractivity contribution in [2.75, 3.05) is 19.9 Å². The first-order valence-electron chi connectivity index (χ1n) is 8.90. The predicted octanol–water partition coefficient (Wildman–Crippen LogP) is 3.34. The molecular formula is C21H26N2O3S. The molecule has 0 aliphatic heterocycles. The van der Waals surface area contributed by atoms with Crippen LogP contribution in [0, 0.1) is 0 Å². The molecule has 0 saturated heterocycles. The zero-order valence-electron chi connectivity index (χ0n) is 16.0. The van der Waals surface area contributed by atoms with Crippen LogP contribution in [0.5, 0.6) is 5.75 Å². The van der Waals surface area contributed by atoms with E-state index in [2.05, 4.69) is 5.32 Å². The number of hydrogen-bond donors (Lipinski definition) is 1. The number of hydrogen-bond acceptors (Lipinski definition) is 4. The van der Waals surface area contributed by atoms with Crippen LogP contribution in [0.1, 0.15) is 18.9 Å². The van der Waals surface area contributed by atoms with Crippen molar-refractivity contribution in [1.82, 2.24) is 10.2 Å². The number of benzene rings is 2. The standard InChI is InChI=1S/C21H26N2O3S/c1-4-19(21(25)22-2)23(14-16-10-12-17(26-3)13-11-16)20(24)15-27-18-8-6-5-7-9-18/h5-13,19H,4,14-15H2,1-3H3,(H,22,25)/t19-/m1/s1. The maximum Gasteiger partial charge on any atom is 0.242 e. The normalized spacial score (nSPS) is 11.5. The fourth-order valence-corrected chi connectivity index (χ4v) is 3.56. The summed E-state index contributed by atoms with van der Waals surface area (Å²) in [5, 5.41) is 2.67. The molecule has 27 heavy (non-hydrogen) atoms. The number of ether oxygens (including phenoxy) is 1. The first-order valence-corrected chi connectivity index (χ1v) is 9.89. The van der Waals surface area contributed by atoms with Gasteiger partial charge in [-0.2, -0.15) is 0 Å². The van der Waals surface area contributed by atoms with E-state index in [0.29, 0.717) is 13.0 Å². The Bertz CT molecular complexity index is 735. The SMILES string of the molecule is CC[C@H](C(=O)NC)N(Cc1ccc(OC)cc1)C(=O)CSc1ccccc1. The van der Waals surface area contributed by atoms with Crippen molar-refractivity contribution < 1.29 is 14.3 Å². The summed E-state index contributed by atoms with van der Waals surface area (Å²) in [6.45, 7) is 2.29. The molecule has 2 aromatic rings. The Morgan fingerprint density at radius 3 is 2.33 bits per heavy atom. The third-order valence-electron chi connectivity index (χ3n) is 4.25. The summed E-state index contributed by atoms with van der Waals surface area (Å²) in [7, 11) is 3.21. The first kappa shape index (κ1) is 20.8. The maximum atomic E-state index is 13.0. The third-order valence-corrected chi connectivity index (χ3v) is 5.25.